The van der Waals surface area contributed by atoms with Crippen LogP contribution in [0.25, 0.3) is 10.8 Å². The number of rotatable bonds is 23. The van der Waals surface area contributed by atoms with Crippen molar-refractivity contribution >= 4 is 16.6 Å². The van der Waals surface area contributed by atoms with Crippen molar-refractivity contribution in [1.82, 2.24) is 4.90 Å². The van der Waals surface area contributed by atoms with Crippen molar-refractivity contribution in [2.24, 2.45) is 0 Å². The number of ether oxygens (including phenoxy) is 7. The number of nitrogens with zero attached hydrogens (tertiary/aromatic N) is 1. The van der Waals surface area contributed by atoms with E-state index >= 15 is 0 Å². The maximum Gasteiger partial charge on any atom is 0.411 e. The Bertz CT molecular complexity index is 1030. The first kappa shape index (κ1) is 34.5. The van der Waals surface area contributed by atoms with Gasteiger partial charge < -0.3 is 38.1 Å². The molecule has 9 nitrogen and oxygen atoms in total. The SMILES string of the molecule is CN(C)/C=C/C(=O)c1ccc2cc(OCCOCCOCCOCCOCCOCCOCC(F)(F)F)ccc2c1. The summed E-state index contributed by atoms with van der Waals surface area (Å²) >= 11 is 0. The van der Waals surface area contributed by atoms with Gasteiger partial charge in [-0.15, -0.1) is 0 Å². The van der Waals surface area contributed by atoms with E-state index in [1.807, 2.05) is 55.4 Å². The summed E-state index contributed by atoms with van der Waals surface area (Å²) in [6, 6.07) is 11.3. The van der Waals surface area contributed by atoms with Crippen LogP contribution in [0.2, 0.25) is 0 Å². The molecule has 0 atom stereocenters. The van der Waals surface area contributed by atoms with Crippen LogP contribution in [0.5, 0.6) is 5.75 Å². The summed E-state index contributed by atoms with van der Waals surface area (Å²) in [5.74, 6) is 0.685. The number of benzene rings is 2. The Morgan fingerprint density at radius 1 is 0.683 bits per heavy atom. The Morgan fingerprint density at radius 3 is 1.66 bits per heavy atom. The molecule has 41 heavy (non-hydrogen) atoms. The van der Waals surface area contributed by atoms with Gasteiger partial charge in [0.1, 0.15) is 19.0 Å². The van der Waals surface area contributed by atoms with Crippen LogP contribution in [0.4, 0.5) is 13.2 Å². The van der Waals surface area contributed by atoms with Crippen LogP contribution in [-0.2, 0) is 28.4 Å². The minimum atomic E-state index is -4.32. The Morgan fingerprint density at radius 2 is 1.15 bits per heavy atom. The predicted molar refractivity (Wildman–Crippen MR) is 148 cm³/mol. The normalized spacial score (nSPS) is 11.9. The second-order valence-corrected chi connectivity index (χ2v) is 8.95. The highest BCUT2D eigenvalue weighted by Gasteiger charge is 2.27. The standard InChI is InChI=1S/C29H40F3NO8/c1-33(2)8-7-28(34)26-4-3-25-22-27(6-5-24(25)21-26)41-20-19-39-16-15-37-12-11-35-9-10-36-13-14-38-17-18-40-23-29(30,31)32/h3-8,21-22H,9-20,23H2,1-2H3/b8-7+. The zero-order valence-electron chi connectivity index (χ0n) is 23.7. The van der Waals surface area contributed by atoms with Crippen molar-refractivity contribution in [3.05, 3.63) is 54.2 Å². The van der Waals surface area contributed by atoms with E-state index in [9.17, 15) is 18.0 Å². The van der Waals surface area contributed by atoms with Crippen LogP contribution in [0, 0.1) is 0 Å². The molecule has 0 aliphatic carbocycles. The molecule has 0 radical (unpaired) electrons. The third kappa shape index (κ3) is 17.0. The lowest BCUT2D eigenvalue weighted by Gasteiger charge is -2.10. The first-order valence-corrected chi connectivity index (χ1v) is 13.3. The van der Waals surface area contributed by atoms with Crippen LogP contribution < -0.4 is 4.74 Å². The van der Waals surface area contributed by atoms with Crippen LogP contribution in [0.15, 0.2) is 48.7 Å². The third-order valence-corrected chi connectivity index (χ3v) is 5.24. The maximum absolute atomic E-state index is 12.3. The molecule has 0 fully saturated rings. The molecular formula is C29H40F3NO8. The molecule has 0 saturated carbocycles. The summed E-state index contributed by atoms with van der Waals surface area (Å²) in [6.07, 6.45) is -1.04. The Labute approximate surface area is 239 Å². The average molecular weight is 588 g/mol. The second-order valence-electron chi connectivity index (χ2n) is 8.95. The van der Waals surface area contributed by atoms with Crippen molar-refractivity contribution in [1.29, 1.82) is 0 Å². The molecule has 0 amide bonds. The van der Waals surface area contributed by atoms with Gasteiger partial charge in [0.15, 0.2) is 5.78 Å². The third-order valence-electron chi connectivity index (χ3n) is 5.24. The van der Waals surface area contributed by atoms with Crippen molar-refractivity contribution in [3.8, 4) is 5.75 Å². The van der Waals surface area contributed by atoms with Gasteiger partial charge in [-0.2, -0.15) is 13.2 Å². The van der Waals surface area contributed by atoms with Crippen LogP contribution >= 0.6 is 0 Å². The Kier molecular flexibility index (Phi) is 17.0. The number of allylic oxidation sites excluding steroid dienone is 1. The van der Waals surface area contributed by atoms with Gasteiger partial charge in [0.25, 0.3) is 0 Å². The zero-order valence-corrected chi connectivity index (χ0v) is 23.7. The summed E-state index contributed by atoms with van der Waals surface area (Å²) in [6.45, 7) is 2.60. The van der Waals surface area contributed by atoms with Gasteiger partial charge >= 0.3 is 6.18 Å². The quantitative estimate of drug-likeness (QED) is 0.108. The molecule has 0 unspecified atom stereocenters. The fourth-order valence-corrected chi connectivity index (χ4v) is 3.29. The van der Waals surface area contributed by atoms with E-state index in [-0.39, 0.29) is 25.6 Å². The molecule has 0 aliphatic heterocycles. The lowest BCUT2D eigenvalue weighted by atomic mass is 10.0. The van der Waals surface area contributed by atoms with E-state index in [1.54, 1.807) is 12.3 Å². The smallest absolute Gasteiger partial charge is 0.411 e. The molecule has 2 aromatic carbocycles. The topological polar surface area (TPSA) is 84.9 Å². The number of fused-ring (bicyclic) bond motifs is 1. The molecule has 0 aromatic heterocycles. The predicted octanol–water partition coefficient (Wildman–Crippen LogP) is 4.14. The molecule has 0 N–H and O–H groups in total. The van der Waals surface area contributed by atoms with Gasteiger partial charge in [-0.1, -0.05) is 18.2 Å². The number of halogens is 3. The lowest BCUT2D eigenvalue weighted by molar-refractivity contribution is -0.176. The van der Waals surface area contributed by atoms with Gasteiger partial charge in [-0.25, -0.2) is 0 Å². The number of carbonyl (C=O) groups is 1. The molecule has 12 heteroatoms. The molecular weight excluding hydrogens is 547 g/mol. The van der Waals surface area contributed by atoms with Gasteiger partial charge in [0, 0.05) is 31.9 Å². The lowest BCUT2D eigenvalue weighted by Crippen LogP contribution is -2.19. The molecule has 230 valence electrons. The van der Waals surface area contributed by atoms with E-state index < -0.39 is 12.8 Å². The molecule has 0 saturated heterocycles. The highest BCUT2D eigenvalue weighted by Crippen LogP contribution is 2.22. The van der Waals surface area contributed by atoms with Gasteiger partial charge in [0.05, 0.1) is 72.7 Å². The number of hydrogen-bond acceptors (Lipinski definition) is 9. The monoisotopic (exact) mass is 587 g/mol. The van der Waals surface area contributed by atoms with Crippen molar-refractivity contribution < 1.29 is 51.1 Å². The van der Waals surface area contributed by atoms with Gasteiger partial charge in [-0.05, 0) is 29.0 Å². The molecule has 0 aliphatic rings. The van der Waals surface area contributed by atoms with E-state index in [1.165, 1.54) is 0 Å². The first-order valence-electron chi connectivity index (χ1n) is 13.3. The molecule has 2 rings (SSSR count). The van der Waals surface area contributed by atoms with Crippen LogP contribution in [-0.4, -0.2) is 117 Å². The highest BCUT2D eigenvalue weighted by molar-refractivity contribution is 6.06. The van der Waals surface area contributed by atoms with Crippen molar-refractivity contribution in [2.45, 2.75) is 6.18 Å². The number of hydrogen-bond donors (Lipinski definition) is 0. The second kappa shape index (κ2) is 20.2. The molecule has 2 aromatic rings. The maximum atomic E-state index is 12.3. The largest absolute Gasteiger partial charge is 0.491 e. The number of carbonyl (C=O) groups excluding carboxylic acids is 1. The van der Waals surface area contributed by atoms with E-state index in [2.05, 4.69) is 4.74 Å². The van der Waals surface area contributed by atoms with Crippen molar-refractivity contribution in [2.75, 3.05) is 100.0 Å². The summed E-state index contributed by atoms with van der Waals surface area (Å²) in [4.78, 5) is 14.1. The molecule has 0 heterocycles. The first-order chi connectivity index (χ1) is 19.7. The van der Waals surface area contributed by atoms with Gasteiger partial charge in [-0.3, -0.25) is 4.79 Å². The van der Waals surface area contributed by atoms with Crippen molar-refractivity contribution in [3.63, 3.8) is 0 Å². The summed E-state index contributed by atoms with van der Waals surface area (Å²) in [7, 11) is 3.73. The van der Waals surface area contributed by atoms with E-state index in [4.69, 9.17) is 28.4 Å². The Balaban J connectivity index is 1.40. The minimum Gasteiger partial charge on any atom is -0.491 e. The Hall–Kier alpha value is -2.74. The van der Waals surface area contributed by atoms with E-state index in [0.29, 0.717) is 65.0 Å². The molecule has 0 bridgehead atoms. The summed E-state index contributed by atoms with van der Waals surface area (Å²) < 4.78 is 72.6. The van der Waals surface area contributed by atoms with Crippen LogP contribution in [0.3, 0.4) is 0 Å². The fourth-order valence-electron chi connectivity index (χ4n) is 3.29. The van der Waals surface area contributed by atoms with Crippen LogP contribution in [0.1, 0.15) is 10.4 Å². The van der Waals surface area contributed by atoms with E-state index in [0.717, 1.165) is 16.5 Å². The number of alkyl halides is 3. The zero-order chi connectivity index (χ0) is 29.8. The minimum absolute atomic E-state index is 0.0439. The summed E-state index contributed by atoms with van der Waals surface area (Å²) in [5, 5.41) is 1.95. The summed E-state index contributed by atoms with van der Waals surface area (Å²) in [5.41, 5.74) is 0.635. The van der Waals surface area contributed by atoms with Gasteiger partial charge in [0.2, 0.25) is 0 Å². The average Bonchev–Trinajstić information content (AvgIpc) is 2.93. The molecule has 0 spiro atoms. The fraction of sp³-hybridized carbons (Fsp3) is 0.552. The highest BCUT2D eigenvalue weighted by atomic mass is 19.4. The number of ketones is 1.